The molecule has 0 saturated heterocycles. The van der Waals surface area contributed by atoms with Crippen LogP contribution in [0.1, 0.15) is 19.3 Å². The van der Waals surface area contributed by atoms with E-state index in [-0.39, 0.29) is 12.3 Å². The van der Waals surface area contributed by atoms with E-state index in [2.05, 4.69) is 11.9 Å². The second kappa shape index (κ2) is 8.82. The average Bonchev–Trinajstić information content (AvgIpc) is 3.20. The predicted molar refractivity (Wildman–Crippen MR) is 71.4 cm³/mol. The number of hydrogen-bond donors (Lipinski definition) is 1. The summed E-state index contributed by atoms with van der Waals surface area (Å²) in [5, 5.41) is 0. The van der Waals surface area contributed by atoms with Crippen LogP contribution in [0.3, 0.4) is 0 Å². The fourth-order valence-electron chi connectivity index (χ4n) is 1.89. The summed E-state index contributed by atoms with van der Waals surface area (Å²) in [4.78, 5) is 2.22. The summed E-state index contributed by atoms with van der Waals surface area (Å²) >= 11 is 0. The van der Waals surface area contributed by atoms with Gasteiger partial charge in [-0.2, -0.15) is 0 Å². The fourth-order valence-corrected chi connectivity index (χ4v) is 1.89. The molecule has 5 nitrogen and oxygen atoms in total. The maximum absolute atomic E-state index is 5.80. The van der Waals surface area contributed by atoms with Crippen molar-refractivity contribution in [1.29, 1.82) is 0 Å². The van der Waals surface area contributed by atoms with Gasteiger partial charge in [0.1, 0.15) is 0 Å². The summed E-state index contributed by atoms with van der Waals surface area (Å²) in [5.41, 5.74) is 5.80. The third kappa shape index (κ3) is 6.11. The maximum Gasteiger partial charge on any atom is 0.158 e. The van der Waals surface area contributed by atoms with E-state index in [1.807, 2.05) is 0 Å². The highest BCUT2D eigenvalue weighted by Gasteiger charge is 2.22. The molecule has 1 rings (SSSR count). The first-order chi connectivity index (χ1) is 8.71. The van der Waals surface area contributed by atoms with Crippen molar-refractivity contribution in [3.63, 3.8) is 0 Å². The first kappa shape index (κ1) is 15.9. The van der Waals surface area contributed by atoms with Crippen LogP contribution in [0, 0.1) is 5.92 Å². The lowest BCUT2D eigenvalue weighted by atomic mass is 10.2. The van der Waals surface area contributed by atoms with Crippen LogP contribution in [-0.2, 0) is 14.2 Å². The Morgan fingerprint density at radius 3 is 2.44 bits per heavy atom. The van der Waals surface area contributed by atoms with Crippen molar-refractivity contribution in [3.05, 3.63) is 0 Å². The largest absolute Gasteiger partial charge is 0.380 e. The lowest BCUT2D eigenvalue weighted by molar-refractivity contribution is -0.116. The van der Waals surface area contributed by atoms with Crippen LogP contribution in [0.2, 0.25) is 0 Å². The zero-order chi connectivity index (χ0) is 13.4. The summed E-state index contributed by atoms with van der Waals surface area (Å²) in [7, 11) is 5.38. The first-order valence-electron chi connectivity index (χ1n) is 6.74. The van der Waals surface area contributed by atoms with Crippen molar-refractivity contribution in [3.8, 4) is 0 Å². The van der Waals surface area contributed by atoms with Gasteiger partial charge in [-0.25, -0.2) is 0 Å². The molecule has 108 valence electrons. The number of likely N-dealkylation sites (N-methyl/N-ethyl adjacent to an activating group) is 1. The molecule has 0 bridgehead atoms. The minimum absolute atomic E-state index is 0.187. The summed E-state index contributed by atoms with van der Waals surface area (Å²) in [6.07, 6.45) is 3.27. The molecule has 0 aliphatic heterocycles. The number of ether oxygens (including phenoxy) is 3. The van der Waals surface area contributed by atoms with Crippen molar-refractivity contribution in [2.24, 2.45) is 11.7 Å². The van der Waals surface area contributed by atoms with Gasteiger partial charge in [-0.15, -0.1) is 0 Å². The zero-order valence-corrected chi connectivity index (χ0v) is 11.9. The molecule has 0 heterocycles. The average molecular weight is 260 g/mol. The van der Waals surface area contributed by atoms with Crippen LogP contribution in [0.5, 0.6) is 0 Å². The number of rotatable bonds is 11. The summed E-state index contributed by atoms with van der Waals surface area (Å²) in [5.74, 6) is 0.826. The van der Waals surface area contributed by atoms with E-state index in [0.29, 0.717) is 6.54 Å². The predicted octanol–water partition coefficient (Wildman–Crippen LogP) is 0.681. The molecule has 0 aromatic carbocycles. The van der Waals surface area contributed by atoms with Crippen LogP contribution in [-0.4, -0.2) is 64.8 Å². The molecule has 5 heteroatoms. The van der Waals surface area contributed by atoms with E-state index >= 15 is 0 Å². The topological polar surface area (TPSA) is 57.0 Å². The monoisotopic (exact) mass is 260 g/mol. The Morgan fingerprint density at radius 2 is 1.94 bits per heavy atom. The Balaban J connectivity index is 2.15. The standard InChI is InChI=1S/C13H28N2O3/c1-15(6-7-18-10-11-4-5-11)12(9-14)8-13(16-2)17-3/h11-13H,4-10,14H2,1-3H3. The van der Waals surface area contributed by atoms with Gasteiger partial charge in [-0.1, -0.05) is 0 Å². The summed E-state index contributed by atoms with van der Waals surface area (Å²) in [6.45, 7) is 3.19. The second-order valence-corrected chi connectivity index (χ2v) is 5.03. The van der Waals surface area contributed by atoms with Gasteiger partial charge in [0.25, 0.3) is 0 Å². The van der Waals surface area contributed by atoms with Crippen molar-refractivity contribution >= 4 is 0 Å². The van der Waals surface area contributed by atoms with Gasteiger partial charge in [0.15, 0.2) is 6.29 Å². The maximum atomic E-state index is 5.80. The van der Waals surface area contributed by atoms with Gasteiger partial charge >= 0.3 is 0 Å². The SMILES string of the molecule is COC(CC(CN)N(C)CCOCC1CC1)OC. The molecular weight excluding hydrogens is 232 g/mol. The van der Waals surface area contributed by atoms with Gasteiger partial charge in [0, 0.05) is 46.4 Å². The Hall–Kier alpha value is -0.200. The van der Waals surface area contributed by atoms with Gasteiger partial charge in [-0.3, -0.25) is 4.90 Å². The first-order valence-corrected chi connectivity index (χ1v) is 6.74. The van der Waals surface area contributed by atoms with Crippen molar-refractivity contribution in [2.45, 2.75) is 31.6 Å². The van der Waals surface area contributed by atoms with E-state index in [1.54, 1.807) is 14.2 Å². The number of methoxy groups -OCH3 is 2. The van der Waals surface area contributed by atoms with Crippen LogP contribution in [0.15, 0.2) is 0 Å². The zero-order valence-electron chi connectivity index (χ0n) is 11.9. The molecule has 1 unspecified atom stereocenters. The van der Waals surface area contributed by atoms with Crippen LogP contribution in [0.4, 0.5) is 0 Å². The smallest absolute Gasteiger partial charge is 0.158 e. The second-order valence-electron chi connectivity index (χ2n) is 5.03. The van der Waals surface area contributed by atoms with Gasteiger partial charge in [-0.05, 0) is 25.8 Å². The van der Waals surface area contributed by atoms with Gasteiger partial charge in [0.05, 0.1) is 6.61 Å². The molecule has 0 spiro atoms. The summed E-state index contributed by atoms with van der Waals surface area (Å²) < 4.78 is 16.1. The van der Waals surface area contributed by atoms with E-state index in [4.69, 9.17) is 19.9 Å². The van der Waals surface area contributed by atoms with Crippen molar-refractivity contribution in [2.75, 3.05) is 47.6 Å². The molecule has 0 amide bonds. The highest BCUT2D eigenvalue weighted by atomic mass is 16.7. The highest BCUT2D eigenvalue weighted by molar-refractivity contribution is 4.73. The third-order valence-electron chi connectivity index (χ3n) is 3.52. The van der Waals surface area contributed by atoms with E-state index in [1.165, 1.54) is 12.8 Å². The quantitative estimate of drug-likeness (QED) is 0.437. The highest BCUT2D eigenvalue weighted by Crippen LogP contribution is 2.28. The number of nitrogens with zero attached hydrogens (tertiary/aromatic N) is 1. The molecule has 1 atom stereocenters. The van der Waals surface area contributed by atoms with Crippen molar-refractivity contribution < 1.29 is 14.2 Å². The number of nitrogens with two attached hydrogens (primary N) is 1. The fraction of sp³-hybridized carbons (Fsp3) is 1.00. The Bertz CT molecular complexity index is 208. The lowest BCUT2D eigenvalue weighted by Gasteiger charge is -2.29. The normalized spacial score (nSPS) is 17.7. The van der Waals surface area contributed by atoms with Gasteiger partial charge in [0.2, 0.25) is 0 Å². The minimum Gasteiger partial charge on any atom is -0.380 e. The summed E-state index contributed by atoms with van der Waals surface area (Å²) in [6, 6.07) is 0.263. The lowest BCUT2D eigenvalue weighted by Crippen LogP contribution is -2.42. The molecule has 1 saturated carbocycles. The molecule has 1 fully saturated rings. The molecule has 18 heavy (non-hydrogen) atoms. The third-order valence-corrected chi connectivity index (χ3v) is 3.52. The van der Waals surface area contributed by atoms with E-state index in [9.17, 15) is 0 Å². The molecule has 0 radical (unpaired) electrons. The van der Waals surface area contributed by atoms with Gasteiger partial charge < -0.3 is 19.9 Å². The molecule has 1 aliphatic rings. The van der Waals surface area contributed by atoms with Crippen LogP contribution >= 0.6 is 0 Å². The van der Waals surface area contributed by atoms with E-state index in [0.717, 1.165) is 32.1 Å². The van der Waals surface area contributed by atoms with Crippen LogP contribution in [0.25, 0.3) is 0 Å². The molecule has 0 aromatic heterocycles. The molecule has 2 N–H and O–H groups in total. The van der Waals surface area contributed by atoms with E-state index < -0.39 is 0 Å². The minimum atomic E-state index is -0.187. The Morgan fingerprint density at radius 1 is 1.28 bits per heavy atom. The van der Waals surface area contributed by atoms with Crippen LogP contribution < -0.4 is 5.73 Å². The molecule has 0 aromatic rings. The molecular formula is C13H28N2O3. The van der Waals surface area contributed by atoms with Crippen molar-refractivity contribution in [1.82, 2.24) is 4.90 Å². The number of hydrogen-bond acceptors (Lipinski definition) is 5. The Kier molecular flexibility index (Phi) is 7.77. The Labute approximate surface area is 111 Å². The molecule has 1 aliphatic carbocycles.